The van der Waals surface area contributed by atoms with Gasteiger partial charge in [-0.15, -0.1) is 0 Å². The van der Waals surface area contributed by atoms with Gasteiger partial charge in [-0.1, -0.05) is 29.8 Å². The molecule has 142 valence electrons. The first kappa shape index (κ1) is 19.3. The summed E-state index contributed by atoms with van der Waals surface area (Å²) in [6.07, 6.45) is 2.88. The van der Waals surface area contributed by atoms with E-state index in [1.807, 2.05) is 0 Å². The topological polar surface area (TPSA) is 80.6 Å². The Balaban J connectivity index is 1.87. The standard InChI is InChI=1S/C21H17ClN2O4/c1-27-16-10-8-15(9-11-16)23-20(25)18(13-14-5-2-3-6-17(14)22)24-21(26)19-7-4-12-28-19/h2-13H,1H3,(H,23,25)(H,24,26)/b18-13+. The largest absolute Gasteiger partial charge is 0.497 e. The number of halogens is 1. The third-order valence-electron chi connectivity index (χ3n) is 3.79. The Hall–Kier alpha value is -3.51. The van der Waals surface area contributed by atoms with Gasteiger partial charge in [0, 0.05) is 10.7 Å². The molecule has 3 rings (SSSR count). The van der Waals surface area contributed by atoms with Crippen molar-refractivity contribution in [1.82, 2.24) is 5.32 Å². The molecule has 0 aliphatic carbocycles. The Kier molecular flexibility index (Phi) is 6.14. The zero-order chi connectivity index (χ0) is 19.9. The van der Waals surface area contributed by atoms with Gasteiger partial charge in [0.1, 0.15) is 11.4 Å². The third-order valence-corrected chi connectivity index (χ3v) is 4.13. The van der Waals surface area contributed by atoms with Crippen LogP contribution < -0.4 is 15.4 Å². The Labute approximate surface area is 166 Å². The van der Waals surface area contributed by atoms with Gasteiger partial charge in [-0.05, 0) is 54.1 Å². The lowest BCUT2D eigenvalue weighted by Gasteiger charge is -2.11. The SMILES string of the molecule is COc1ccc(NC(=O)/C(=C\c2ccccc2Cl)NC(=O)c2ccco2)cc1. The minimum atomic E-state index is -0.548. The number of benzene rings is 2. The highest BCUT2D eigenvalue weighted by Gasteiger charge is 2.17. The highest BCUT2D eigenvalue weighted by atomic mass is 35.5. The van der Waals surface area contributed by atoms with Gasteiger partial charge in [-0.2, -0.15) is 0 Å². The number of carbonyl (C=O) groups excluding carboxylic acids is 2. The van der Waals surface area contributed by atoms with Crippen molar-refractivity contribution in [2.75, 3.05) is 12.4 Å². The fraction of sp³-hybridized carbons (Fsp3) is 0.0476. The monoisotopic (exact) mass is 396 g/mol. The van der Waals surface area contributed by atoms with Crippen LogP contribution in [0.25, 0.3) is 6.08 Å². The minimum absolute atomic E-state index is 0.0188. The van der Waals surface area contributed by atoms with Crippen molar-refractivity contribution >= 4 is 35.2 Å². The van der Waals surface area contributed by atoms with E-state index in [0.717, 1.165) is 0 Å². The second kappa shape index (κ2) is 8.92. The van der Waals surface area contributed by atoms with Gasteiger partial charge in [0.15, 0.2) is 5.76 Å². The normalized spacial score (nSPS) is 11.0. The molecule has 2 aromatic carbocycles. The predicted molar refractivity (Wildman–Crippen MR) is 107 cm³/mol. The summed E-state index contributed by atoms with van der Waals surface area (Å²) in [5.74, 6) is -0.309. The third kappa shape index (κ3) is 4.81. The van der Waals surface area contributed by atoms with Gasteiger partial charge in [0.25, 0.3) is 11.8 Å². The maximum Gasteiger partial charge on any atom is 0.291 e. The maximum atomic E-state index is 12.8. The molecular weight excluding hydrogens is 380 g/mol. The first-order chi connectivity index (χ1) is 13.6. The van der Waals surface area contributed by atoms with Crippen molar-refractivity contribution in [3.63, 3.8) is 0 Å². The molecule has 2 N–H and O–H groups in total. The number of ether oxygens (including phenoxy) is 1. The van der Waals surface area contributed by atoms with Crippen LogP contribution in [0.15, 0.2) is 77.0 Å². The fourth-order valence-corrected chi connectivity index (χ4v) is 2.56. The maximum absolute atomic E-state index is 12.8. The molecule has 0 atom stereocenters. The lowest BCUT2D eigenvalue weighted by atomic mass is 10.1. The first-order valence-corrected chi connectivity index (χ1v) is 8.71. The summed E-state index contributed by atoms with van der Waals surface area (Å²) in [5, 5.41) is 5.75. The number of rotatable bonds is 6. The first-order valence-electron chi connectivity index (χ1n) is 8.33. The van der Waals surface area contributed by atoms with Gasteiger partial charge in [-0.3, -0.25) is 9.59 Å². The van der Waals surface area contributed by atoms with Crippen LogP contribution in [-0.2, 0) is 4.79 Å². The summed E-state index contributed by atoms with van der Waals surface area (Å²) in [7, 11) is 1.56. The van der Waals surface area contributed by atoms with E-state index < -0.39 is 11.8 Å². The molecule has 2 amide bonds. The van der Waals surface area contributed by atoms with E-state index in [4.69, 9.17) is 20.8 Å². The van der Waals surface area contributed by atoms with Crippen molar-refractivity contribution < 1.29 is 18.7 Å². The Morgan fingerprint density at radius 2 is 1.79 bits per heavy atom. The molecule has 0 aliphatic heterocycles. The molecule has 0 aliphatic rings. The van der Waals surface area contributed by atoms with Gasteiger partial charge < -0.3 is 19.8 Å². The van der Waals surface area contributed by atoms with Crippen LogP contribution in [0.5, 0.6) is 5.75 Å². The summed E-state index contributed by atoms with van der Waals surface area (Å²) in [4.78, 5) is 25.1. The van der Waals surface area contributed by atoms with Crippen molar-refractivity contribution in [1.29, 1.82) is 0 Å². The van der Waals surface area contributed by atoms with E-state index in [0.29, 0.717) is 22.0 Å². The molecule has 0 unspecified atom stereocenters. The quantitative estimate of drug-likeness (QED) is 0.607. The second-order valence-corrected chi connectivity index (χ2v) is 6.10. The molecule has 1 aromatic heterocycles. The molecule has 1 heterocycles. The summed E-state index contributed by atoms with van der Waals surface area (Å²) >= 11 is 6.18. The van der Waals surface area contributed by atoms with Crippen molar-refractivity contribution in [2.24, 2.45) is 0 Å². The minimum Gasteiger partial charge on any atom is -0.497 e. The summed E-state index contributed by atoms with van der Waals surface area (Å²) < 4.78 is 10.2. The molecule has 7 heteroatoms. The number of hydrogen-bond donors (Lipinski definition) is 2. The van der Waals surface area contributed by atoms with Crippen molar-refractivity contribution in [3.8, 4) is 5.75 Å². The Morgan fingerprint density at radius 1 is 1.04 bits per heavy atom. The van der Waals surface area contributed by atoms with E-state index in [-0.39, 0.29) is 11.5 Å². The van der Waals surface area contributed by atoms with Gasteiger partial charge in [0.2, 0.25) is 0 Å². The molecule has 0 fully saturated rings. The lowest BCUT2D eigenvalue weighted by molar-refractivity contribution is -0.113. The molecule has 28 heavy (non-hydrogen) atoms. The molecule has 0 bridgehead atoms. The van der Waals surface area contributed by atoms with Crippen LogP contribution >= 0.6 is 11.6 Å². The fourth-order valence-electron chi connectivity index (χ4n) is 2.37. The van der Waals surface area contributed by atoms with Gasteiger partial charge in [0.05, 0.1) is 13.4 Å². The van der Waals surface area contributed by atoms with E-state index in [9.17, 15) is 9.59 Å². The number of carbonyl (C=O) groups is 2. The number of anilines is 1. The molecule has 0 radical (unpaired) electrons. The van der Waals surface area contributed by atoms with E-state index >= 15 is 0 Å². The lowest BCUT2D eigenvalue weighted by Crippen LogP contribution is -2.30. The number of methoxy groups -OCH3 is 1. The van der Waals surface area contributed by atoms with E-state index in [2.05, 4.69) is 10.6 Å². The van der Waals surface area contributed by atoms with Crippen LogP contribution in [0.4, 0.5) is 5.69 Å². The average Bonchev–Trinajstić information content (AvgIpc) is 3.24. The Bertz CT molecular complexity index is 996. The predicted octanol–water partition coefficient (Wildman–Crippen LogP) is 4.35. The molecule has 6 nitrogen and oxygen atoms in total. The van der Waals surface area contributed by atoms with Crippen LogP contribution in [0, 0.1) is 0 Å². The highest BCUT2D eigenvalue weighted by molar-refractivity contribution is 6.32. The average molecular weight is 397 g/mol. The summed E-state index contributed by atoms with van der Waals surface area (Å²) in [6, 6.07) is 16.9. The van der Waals surface area contributed by atoms with Crippen LogP contribution in [-0.4, -0.2) is 18.9 Å². The number of amides is 2. The van der Waals surface area contributed by atoms with Crippen molar-refractivity contribution in [3.05, 3.63) is 89.0 Å². The molecular formula is C21H17ClN2O4. The zero-order valence-corrected chi connectivity index (χ0v) is 15.7. The zero-order valence-electron chi connectivity index (χ0n) is 14.9. The highest BCUT2D eigenvalue weighted by Crippen LogP contribution is 2.19. The smallest absolute Gasteiger partial charge is 0.291 e. The van der Waals surface area contributed by atoms with Gasteiger partial charge in [-0.25, -0.2) is 0 Å². The van der Waals surface area contributed by atoms with Crippen LogP contribution in [0.1, 0.15) is 16.1 Å². The molecule has 3 aromatic rings. The molecule has 0 saturated carbocycles. The second-order valence-electron chi connectivity index (χ2n) is 5.69. The van der Waals surface area contributed by atoms with E-state index in [1.54, 1.807) is 61.7 Å². The van der Waals surface area contributed by atoms with Gasteiger partial charge >= 0.3 is 0 Å². The van der Waals surface area contributed by atoms with Crippen molar-refractivity contribution in [2.45, 2.75) is 0 Å². The number of furan rings is 1. The number of nitrogens with one attached hydrogen (secondary N) is 2. The van der Waals surface area contributed by atoms with Crippen LogP contribution in [0.2, 0.25) is 5.02 Å². The number of hydrogen-bond acceptors (Lipinski definition) is 4. The summed E-state index contributed by atoms with van der Waals surface area (Å²) in [5.41, 5.74) is 1.15. The van der Waals surface area contributed by atoms with Crippen LogP contribution in [0.3, 0.4) is 0 Å². The molecule has 0 spiro atoms. The van der Waals surface area contributed by atoms with E-state index in [1.165, 1.54) is 18.4 Å². The Morgan fingerprint density at radius 3 is 2.43 bits per heavy atom. The molecule has 0 saturated heterocycles. The summed E-state index contributed by atoms with van der Waals surface area (Å²) in [6.45, 7) is 0.